The Balaban J connectivity index is 3.15. The van der Waals surface area contributed by atoms with Crippen LogP contribution >= 0.6 is 0 Å². The molecular weight excluding hydrogens is 255 g/mol. The average molecular weight is 273 g/mol. The fourth-order valence-corrected chi connectivity index (χ4v) is 1.93. The molecule has 0 atom stereocenters. The molecule has 0 bridgehead atoms. The van der Waals surface area contributed by atoms with Crippen molar-refractivity contribution in [2.45, 2.75) is 26.9 Å². The number of aldehydes is 1. The van der Waals surface area contributed by atoms with Crippen LogP contribution in [0.3, 0.4) is 0 Å². The molecule has 0 unspecified atom stereocenters. The number of rotatable bonds is 3. The van der Waals surface area contributed by atoms with Crippen molar-refractivity contribution in [1.29, 1.82) is 0 Å². The highest BCUT2D eigenvalue weighted by Gasteiger charge is 2.34. The molecule has 19 heavy (non-hydrogen) atoms. The van der Waals surface area contributed by atoms with Crippen LogP contribution in [0, 0.1) is 5.41 Å². The van der Waals surface area contributed by atoms with E-state index in [1.807, 2.05) is 20.8 Å². The van der Waals surface area contributed by atoms with E-state index in [9.17, 15) is 18.0 Å². The molecule has 1 aromatic carbocycles. The molecule has 0 aliphatic carbocycles. The van der Waals surface area contributed by atoms with Gasteiger partial charge in [0.25, 0.3) is 0 Å². The Morgan fingerprint density at radius 1 is 1.21 bits per heavy atom. The first kappa shape index (κ1) is 15.5. The lowest BCUT2D eigenvalue weighted by molar-refractivity contribution is -0.137. The van der Waals surface area contributed by atoms with Gasteiger partial charge in [-0.05, 0) is 23.6 Å². The summed E-state index contributed by atoms with van der Waals surface area (Å²) in [5.74, 6) is 0. The van der Waals surface area contributed by atoms with E-state index in [1.54, 1.807) is 11.9 Å². The monoisotopic (exact) mass is 273 g/mol. The van der Waals surface area contributed by atoms with Crippen LogP contribution in [0.1, 0.15) is 36.7 Å². The molecule has 0 amide bonds. The molecule has 0 saturated carbocycles. The largest absolute Gasteiger partial charge is 0.417 e. The number of anilines is 1. The van der Waals surface area contributed by atoms with Gasteiger partial charge in [-0.2, -0.15) is 13.2 Å². The summed E-state index contributed by atoms with van der Waals surface area (Å²) in [6, 6.07) is 3.77. The molecule has 0 spiro atoms. The predicted molar refractivity (Wildman–Crippen MR) is 69.6 cm³/mol. The maximum atomic E-state index is 12.8. The van der Waals surface area contributed by atoms with Crippen LogP contribution in [0.2, 0.25) is 0 Å². The number of halogens is 3. The van der Waals surface area contributed by atoms with Crippen molar-refractivity contribution >= 4 is 12.0 Å². The van der Waals surface area contributed by atoms with Crippen molar-refractivity contribution in [3.63, 3.8) is 0 Å². The molecule has 0 aliphatic rings. The van der Waals surface area contributed by atoms with E-state index < -0.39 is 11.7 Å². The van der Waals surface area contributed by atoms with E-state index in [4.69, 9.17) is 0 Å². The SMILES string of the molecule is CN(CC(C)(C)C)c1ccc(C=O)c(C(F)(F)F)c1. The van der Waals surface area contributed by atoms with E-state index >= 15 is 0 Å². The first-order valence-electron chi connectivity index (χ1n) is 5.92. The minimum absolute atomic E-state index is 0.0313. The quantitative estimate of drug-likeness (QED) is 0.776. The summed E-state index contributed by atoms with van der Waals surface area (Å²) in [4.78, 5) is 12.4. The van der Waals surface area contributed by atoms with Crippen LogP contribution in [0.4, 0.5) is 18.9 Å². The number of alkyl halides is 3. The molecule has 0 heterocycles. The van der Waals surface area contributed by atoms with E-state index in [2.05, 4.69) is 0 Å². The topological polar surface area (TPSA) is 20.3 Å². The minimum atomic E-state index is -4.52. The number of benzene rings is 1. The van der Waals surface area contributed by atoms with Gasteiger partial charge in [-0.3, -0.25) is 4.79 Å². The Labute approximate surface area is 111 Å². The molecule has 5 heteroatoms. The van der Waals surface area contributed by atoms with E-state index in [0.29, 0.717) is 12.2 Å². The Morgan fingerprint density at radius 2 is 1.79 bits per heavy atom. The van der Waals surface area contributed by atoms with E-state index in [-0.39, 0.29) is 17.3 Å². The summed E-state index contributed by atoms with van der Waals surface area (Å²) < 4.78 is 38.5. The van der Waals surface area contributed by atoms with Crippen LogP contribution in [0.15, 0.2) is 18.2 Å². The number of hydrogen-bond donors (Lipinski definition) is 0. The Bertz CT molecular complexity index is 461. The summed E-state index contributed by atoms with van der Waals surface area (Å²) in [5.41, 5.74) is -0.801. The second-order valence-electron chi connectivity index (χ2n) is 5.80. The van der Waals surface area contributed by atoms with Crippen LogP contribution in [0.5, 0.6) is 0 Å². The zero-order valence-electron chi connectivity index (χ0n) is 11.5. The Kier molecular flexibility index (Phi) is 4.28. The van der Waals surface area contributed by atoms with Crippen LogP contribution < -0.4 is 4.90 Å². The third-order valence-electron chi connectivity index (χ3n) is 2.62. The fraction of sp³-hybridized carbons (Fsp3) is 0.500. The maximum absolute atomic E-state index is 12.8. The van der Waals surface area contributed by atoms with Crippen LogP contribution in [-0.4, -0.2) is 19.9 Å². The van der Waals surface area contributed by atoms with Gasteiger partial charge in [-0.25, -0.2) is 0 Å². The molecule has 0 saturated heterocycles. The molecular formula is C14H18F3NO. The van der Waals surface area contributed by atoms with Gasteiger partial charge in [0, 0.05) is 24.8 Å². The molecule has 0 radical (unpaired) electrons. The lowest BCUT2D eigenvalue weighted by atomic mass is 9.96. The van der Waals surface area contributed by atoms with E-state index in [1.165, 1.54) is 12.1 Å². The molecule has 0 fully saturated rings. The molecule has 0 aliphatic heterocycles. The summed E-state index contributed by atoms with van der Waals surface area (Å²) in [7, 11) is 1.74. The Hall–Kier alpha value is -1.52. The molecule has 1 aromatic rings. The minimum Gasteiger partial charge on any atom is -0.374 e. The molecule has 106 valence electrons. The summed E-state index contributed by atoms with van der Waals surface area (Å²) in [6.45, 7) is 6.64. The molecule has 0 N–H and O–H groups in total. The van der Waals surface area contributed by atoms with Gasteiger partial charge in [-0.1, -0.05) is 20.8 Å². The zero-order chi connectivity index (χ0) is 14.8. The Morgan fingerprint density at radius 3 is 2.21 bits per heavy atom. The lowest BCUT2D eigenvalue weighted by Crippen LogP contribution is -2.29. The highest BCUT2D eigenvalue weighted by Crippen LogP contribution is 2.34. The van der Waals surface area contributed by atoms with Gasteiger partial charge in [-0.15, -0.1) is 0 Å². The number of carbonyl (C=O) groups excluding carboxylic acids is 1. The van der Waals surface area contributed by atoms with Crippen molar-refractivity contribution in [1.82, 2.24) is 0 Å². The summed E-state index contributed by atoms with van der Waals surface area (Å²) >= 11 is 0. The van der Waals surface area contributed by atoms with Gasteiger partial charge >= 0.3 is 6.18 Å². The molecule has 2 nitrogen and oxygen atoms in total. The van der Waals surface area contributed by atoms with Crippen molar-refractivity contribution < 1.29 is 18.0 Å². The predicted octanol–water partition coefficient (Wildman–Crippen LogP) is 4.00. The van der Waals surface area contributed by atoms with Crippen molar-refractivity contribution in [3.05, 3.63) is 29.3 Å². The zero-order valence-corrected chi connectivity index (χ0v) is 11.5. The van der Waals surface area contributed by atoms with E-state index in [0.717, 1.165) is 6.07 Å². The third-order valence-corrected chi connectivity index (χ3v) is 2.62. The number of nitrogens with zero attached hydrogens (tertiary/aromatic N) is 1. The third kappa shape index (κ3) is 4.26. The van der Waals surface area contributed by atoms with Gasteiger partial charge in [0.2, 0.25) is 0 Å². The van der Waals surface area contributed by atoms with Gasteiger partial charge < -0.3 is 4.90 Å². The fourth-order valence-electron chi connectivity index (χ4n) is 1.93. The highest BCUT2D eigenvalue weighted by molar-refractivity contribution is 5.79. The average Bonchev–Trinajstić information content (AvgIpc) is 2.24. The second-order valence-corrected chi connectivity index (χ2v) is 5.80. The molecule has 1 rings (SSSR count). The summed E-state index contributed by atoms with van der Waals surface area (Å²) in [5, 5.41) is 0. The van der Waals surface area contributed by atoms with Gasteiger partial charge in [0.1, 0.15) is 0 Å². The van der Waals surface area contributed by atoms with Crippen LogP contribution in [-0.2, 0) is 6.18 Å². The van der Waals surface area contributed by atoms with Crippen molar-refractivity contribution in [2.75, 3.05) is 18.5 Å². The van der Waals surface area contributed by atoms with Gasteiger partial charge in [0.05, 0.1) is 5.56 Å². The first-order chi connectivity index (χ1) is 8.54. The van der Waals surface area contributed by atoms with Crippen LogP contribution in [0.25, 0.3) is 0 Å². The first-order valence-corrected chi connectivity index (χ1v) is 5.92. The second kappa shape index (κ2) is 5.23. The van der Waals surface area contributed by atoms with Gasteiger partial charge in [0.15, 0.2) is 6.29 Å². The normalized spacial score (nSPS) is 12.4. The van der Waals surface area contributed by atoms with Crippen molar-refractivity contribution in [3.8, 4) is 0 Å². The maximum Gasteiger partial charge on any atom is 0.417 e. The standard InChI is InChI=1S/C14H18F3NO/c1-13(2,3)9-18(4)11-6-5-10(8-19)12(7-11)14(15,16)17/h5-8H,9H2,1-4H3. The smallest absolute Gasteiger partial charge is 0.374 e. The summed E-state index contributed by atoms with van der Waals surface area (Å²) in [6.07, 6.45) is -4.29. The molecule has 0 aromatic heterocycles. The highest BCUT2D eigenvalue weighted by atomic mass is 19.4. The lowest BCUT2D eigenvalue weighted by Gasteiger charge is -2.29. The number of hydrogen-bond acceptors (Lipinski definition) is 2. The van der Waals surface area contributed by atoms with Crippen molar-refractivity contribution in [2.24, 2.45) is 5.41 Å². The number of carbonyl (C=O) groups is 1.